The summed E-state index contributed by atoms with van der Waals surface area (Å²) in [6, 6.07) is 0. The summed E-state index contributed by atoms with van der Waals surface area (Å²) in [5.41, 5.74) is 2.67. The van der Waals surface area contributed by atoms with Crippen molar-refractivity contribution in [2.75, 3.05) is 39.4 Å². The Hall–Kier alpha value is -2.02. The molecule has 0 saturated carbocycles. The van der Waals surface area contributed by atoms with Crippen LogP contribution in [0, 0.1) is 19.8 Å². The van der Waals surface area contributed by atoms with Gasteiger partial charge in [-0.3, -0.25) is 9.59 Å². The number of hydrogen-bond donors (Lipinski definition) is 0. The molecule has 1 aromatic heterocycles. The zero-order valence-corrected chi connectivity index (χ0v) is 18.2. The van der Waals surface area contributed by atoms with Crippen molar-refractivity contribution in [2.45, 2.75) is 59.3 Å². The molecule has 0 spiro atoms. The Morgan fingerprint density at radius 3 is 2.31 bits per heavy atom. The number of aryl methyl sites for hydroxylation is 2. The lowest BCUT2D eigenvalue weighted by atomic mass is 9.95. The largest absolute Gasteiger partial charge is 0.378 e. The third-order valence-corrected chi connectivity index (χ3v) is 5.85. The van der Waals surface area contributed by atoms with Crippen LogP contribution in [0.5, 0.6) is 0 Å². The Morgan fingerprint density at radius 1 is 1.03 bits per heavy atom. The lowest BCUT2D eigenvalue weighted by Crippen LogP contribution is -2.41. The number of ether oxygens (including phenoxy) is 1. The zero-order chi connectivity index (χ0) is 21.0. The number of piperidine rings is 1. The van der Waals surface area contributed by atoms with Gasteiger partial charge < -0.3 is 14.5 Å². The molecule has 3 heterocycles. The summed E-state index contributed by atoms with van der Waals surface area (Å²) < 4.78 is 5.33. The molecule has 160 valence electrons. The molecule has 2 fully saturated rings. The molecule has 1 unspecified atom stereocenters. The lowest BCUT2D eigenvalue weighted by Gasteiger charge is -2.33. The molecule has 0 bridgehead atoms. The molecule has 29 heavy (non-hydrogen) atoms. The third kappa shape index (κ3) is 5.53. The summed E-state index contributed by atoms with van der Waals surface area (Å²) in [5, 5.41) is 0. The average Bonchev–Trinajstić information content (AvgIpc) is 2.70. The van der Waals surface area contributed by atoms with E-state index in [1.165, 1.54) is 0 Å². The van der Waals surface area contributed by atoms with Crippen molar-refractivity contribution < 1.29 is 14.3 Å². The van der Waals surface area contributed by atoms with Gasteiger partial charge >= 0.3 is 0 Å². The molecule has 2 saturated heterocycles. The van der Waals surface area contributed by atoms with Crippen LogP contribution < -0.4 is 0 Å². The van der Waals surface area contributed by atoms with E-state index in [1.807, 2.05) is 23.6 Å². The molecular weight excluding hydrogens is 368 g/mol. The van der Waals surface area contributed by atoms with E-state index in [0.717, 1.165) is 42.2 Å². The fourth-order valence-electron chi connectivity index (χ4n) is 4.17. The standard InChI is InChI=1S/C22H34N4O3/c1-15(2)12-20(27)26-7-5-6-18(14-26)22-23-16(3)19(17(4)24-22)13-21(28)25-8-10-29-11-9-25/h15,18H,5-14H2,1-4H3. The number of morpholine rings is 1. The highest BCUT2D eigenvalue weighted by atomic mass is 16.5. The van der Waals surface area contributed by atoms with Crippen molar-refractivity contribution in [1.29, 1.82) is 0 Å². The van der Waals surface area contributed by atoms with Crippen LogP contribution in [-0.4, -0.2) is 71.0 Å². The van der Waals surface area contributed by atoms with Gasteiger partial charge in [-0.25, -0.2) is 9.97 Å². The van der Waals surface area contributed by atoms with Gasteiger partial charge in [0.2, 0.25) is 11.8 Å². The van der Waals surface area contributed by atoms with E-state index >= 15 is 0 Å². The Morgan fingerprint density at radius 2 is 1.69 bits per heavy atom. The van der Waals surface area contributed by atoms with Crippen LogP contribution in [-0.2, 0) is 20.7 Å². The van der Waals surface area contributed by atoms with E-state index in [0.29, 0.717) is 51.6 Å². The van der Waals surface area contributed by atoms with Crippen molar-refractivity contribution in [3.8, 4) is 0 Å². The van der Waals surface area contributed by atoms with Crippen LogP contribution in [0.25, 0.3) is 0 Å². The molecule has 3 rings (SSSR count). The van der Waals surface area contributed by atoms with Gasteiger partial charge in [0.25, 0.3) is 0 Å². The maximum Gasteiger partial charge on any atom is 0.227 e. The minimum absolute atomic E-state index is 0.110. The smallest absolute Gasteiger partial charge is 0.227 e. The second-order valence-electron chi connectivity index (χ2n) is 8.68. The minimum Gasteiger partial charge on any atom is -0.378 e. The normalized spacial score (nSPS) is 20.2. The van der Waals surface area contributed by atoms with Crippen molar-refractivity contribution in [3.63, 3.8) is 0 Å². The molecular formula is C22H34N4O3. The van der Waals surface area contributed by atoms with Crippen molar-refractivity contribution in [2.24, 2.45) is 5.92 Å². The highest BCUT2D eigenvalue weighted by Gasteiger charge is 2.28. The van der Waals surface area contributed by atoms with Crippen LogP contribution in [0.1, 0.15) is 61.8 Å². The first-order chi connectivity index (χ1) is 13.8. The molecule has 7 heteroatoms. The molecule has 2 amide bonds. The predicted octanol–water partition coefficient (Wildman–Crippen LogP) is 2.25. The van der Waals surface area contributed by atoms with Gasteiger partial charge in [0.1, 0.15) is 5.82 Å². The lowest BCUT2D eigenvalue weighted by molar-refractivity contribution is -0.134. The van der Waals surface area contributed by atoms with Gasteiger partial charge in [0.05, 0.1) is 19.6 Å². The second-order valence-corrected chi connectivity index (χ2v) is 8.68. The van der Waals surface area contributed by atoms with Crippen molar-refractivity contribution in [3.05, 3.63) is 22.8 Å². The van der Waals surface area contributed by atoms with Crippen LogP contribution in [0.2, 0.25) is 0 Å². The molecule has 1 aromatic rings. The van der Waals surface area contributed by atoms with Gasteiger partial charge in [-0.05, 0) is 32.6 Å². The highest BCUT2D eigenvalue weighted by Crippen LogP contribution is 2.27. The van der Waals surface area contributed by atoms with E-state index in [1.54, 1.807) is 0 Å². The fourth-order valence-corrected chi connectivity index (χ4v) is 4.17. The number of amides is 2. The second kappa shape index (κ2) is 9.65. The monoisotopic (exact) mass is 402 g/mol. The van der Waals surface area contributed by atoms with Crippen molar-refractivity contribution >= 4 is 11.8 Å². The highest BCUT2D eigenvalue weighted by molar-refractivity contribution is 5.79. The van der Waals surface area contributed by atoms with E-state index in [4.69, 9.17) is 14.7 Å². The van der Waals surface area contributed by atoms with Crippen LogP contribution in [0.3, 0.4) is 0 Å². The summed E-state index contributed by atoms with van der Waals surface area (Å²) in [4.78, 5) is 38.5. The fraction of sp³-hybridized carbons (Fsp3) is 0.727. The van der Waals surface area contributed by atoms with Crippen LogP contribution in [0.15, 0.2) is 0 Å². The average molecular weight is 403 g/mol. The van der Waals surface area contributed by atoms with Crippen LogP contribution >= 0.6 is 0 Å². The van der Waals surface area contributed by atoms with Crippen LogP contribution in [0.4, 0.5) is 0 Å². The minimum atomic E-state index is 0.110. The number of likely N-dealkylation sites (tertiary alicyclic amines) is 1. The molecule has 1 atom stereocenters. The first-order valence-electron chi connectivity index (χ1n) is 10.8. The molecule has 2 aliphatic heterocycles. The molecule has 0 aliphatic carbocycles. The summed E-state index contributed by atoms with van der Waals surface area (Å²) >= 11 is 0. The van der Waals surface area contributed by atoms with E-state index in [2.05, 4.69) is 13.8 Å². The van der Waals surface area contributed by atoms with Gasteiger partial charge in [-0.1, -0.05) is 13.8 Å². The molecule has 7 nitrogen and oxygen atoms in total. The third-order valence-electron chi connectivity index (χ3n) is 5.85. The van der Waals surface area contributed by atoms with Gasteiger partial charge in [0.15, 0.2) is 0 Å². The molecule has 0 aromatic carbocycles. The maximum absolute atomic E-state index is 12.6. The number of carbonyl (C=O) groups is 2. The van der Waals surface area contributed by atoms with Crippen molar-refractivity contribution in [1.82, 2.24) is 19.8 Å². The zero-order valence-electron chi connectivity index (χ0n) is 18.2. The summed E-state index contributed by atoms with van der Waals surface area (Å²) in [5.74, 6) is 1.68. The Bertz CT molecular complexity index is 721. The quantitative estimate of drug-likeness (QED) is 0.755. The number of carbonyl (C=O) groups excluding carboxylic acids is 2. The maximum atomic E-state index is 12.6. The molecule has 0 N–H and O–H groups in total. The van der Waals surface area contributed by atoms with Gasteiger partial charge in [-0.2, -0.15) is 0 Å². The molecule has 2 aliphatic rings. The first-order valence-corrected chi connectivity index (χ1v) is 10.8. The summed E-state index contributed by atoms with van der Waals surface area (Å²) in [6.07, 6.45) is 2.90. The van der Waals surface area contributed by atoms with Gasteiger partial charge in [0, 0.05) is 55.5 Å². The molecule has 0 radical (unpaired) electrons. The van der Waals surface area contributed by atoms with E-state index < -0.39 is 0 Å². The number of aromatic nitrogens is 2. The topological polar surface area (TPSA) is 75.6 Å². The predicted molar refractivity (Wildman–Crippen MR) is 111 cm³/mol. The Balaban J connectivity index is 1.69. The Kier molecular flexibility index (Phi) is 7.22. The number of rotatable bonds is 5. The SMILES string of the molecule is Cc1nc(C2CCCN(C(=O)CC(C)C)C2)nc(C)c1CC(=O)N1CCOCC1. The Labute approximate surface area is 173 Å². The van der Waals surface area contributed by atoms with E-state index in [9.17, 15) is 9.59 Å². The van der Waals surface area contributed by atoms with Gasteiger partial charge in [-0.15, -0.1) is 0 Å². The number of hydrogen-bond acceptors (Lipinski definition) is 5. The summed E-state index contributed by atoms with van der Waals surface area (Å²) in [6.45, 7) is 12.1. The summed E-state index contributed by atoms with van der Waals surface area (Å²) in [7, 11) is 0. The van der Waals surface area contributed by atoms with E-state index in [-0.39, 0.29) is 17.7 Å². The first kappa shape index (κ1) is 21.7. The number of nitrogens with zero attached hydrogens (tertiary/aromatic N) is 4.